The quantitative estimate of drug-likeness (QED) is 0.657. The average molecular weight is 262 g/mol. The topological polar surface area (TPSA) is 26.3 Å². The summed E-state index contributed by atoms with van der Waals surface area (Å²) in [5, 5.41) is 2.39. The van der Waals surface area contributed by atoms with E-state index in [0.29, 0.717) is 11.3 Å². The minimum absolute atomic E-state index is 0.566. The molecule has 0 bridgehead atoms. The minimum Gasteiger partial charge on any atom is -0.496 e. The molecule has 0 aliphatic rings. The third-order valence-corrected chi connectivity index (χ3v) is 3.46. The second kappa shape index (κ2) is 5.17. The molecule has 0 aliphatic carbocycles. The number of hydrogen-bond acceptors (Lipinski definition) is 2. The fraction of sp³-hybridized carbons (Fsp3) is 0.0556. The highest BCUT2D eigenvalue weighted by Gasteiger charge is 2.07. The monoisotopic (exact) mass is 262 g/mol. The summed E-state index contributed by atoms with van der Waals surface area (Å²) in [7, 11) is 1.58. The number of fused-ring (bicyclic) bond motifs is 1. The van der Waals surface area contributed by atoms with Crippen molar-refractivity contribution < 1.29 is 9.53 Å². The molecule has 0 radical (unpaired) electrons. The maximum absolute atomic E-state index is 11.0. The minimum atomic E-state index is 0.566. The van der Waals surface area contributed by atoms with Crippen LogP contribution in [0.25, 0.3) is 21.9 Å². The Morgan fingerprint density at radius 3 is 2.55 bits per heavy atom. The van der Waals surface area contributed by atoms with Gasteiger partial charge in [0.1, 0.15) is 5.75 Å². The maximum atomic E-state index is 11.0. The first-order chi connectivity index (χ1) is 9.83. The Morgan fingerprint density at radius 1 is 0.950 bits per heavy atom. The number of benzene rings is 3. The van der Waals surface area contributed by atoms with Gasteiger partial charge in [-0.15, -0.1) is 0 Å². The molecule has 3 aromatic carbocycles. The van der Waals surface area contributed by atoms with Crippen molar-refractivity contribution in [1.29, 1.82) is 0 Å². The number of aldehydes is 1. The third kappa shape index (κ3) is 2.05. The van der Waals surface area contributed by atoms with Crippen molar-refractivity contribution in [3.8, 4) is 16.9 Å². The van der Waals surface area contributed by atoms with Gasteiger partial charge in [-0.1, -0.05) is 48.5 Å². The van der Waals surface area contributed by atoms with Crippen LogP contribution in [0.15, 0.2) is 60.7 Å². The van der Waals surface area contributed by atoms with Gasteiger partial charge in [0, 0.05) is 0 Å². The number of carbonyl (C=O) groups excluding carboxylic acids is 1. The molecular formula is C18H14O2. The van der Waals surface area contributed by atoms with Crippen molar-refractivity contribution >= 4 is 17.1 Å². The van der Waals surface area contributed by atoms with Crippen LogP contribution in [0.2, 0.25) is 0 Å². The largest absolute Gasteiger partial charge is 0.496 e. The van der Waals surface area contributed by atoms with E-state index >= 15 is 0 Å². The fourth-order valence-electron chi connectivity index (χ4n) is 2.45. The second-order valence-corrected chi connectivity index (χ2v) is 4.60. The van der Waals surface area contributed by atoms with Crippen molar-refractivity contribution in [2.45, 2.75) is 0 Å². The van der Waals surface area contributed by atoms with E-state index in [-0.39, 0.29) is 0 Å². The van der Waals surface area contributed by atoms with E-state index in [1.54, 1.807) is 13.2 Å². The Bertz CT molecular complexity index is 770. The predicted molar refractivity (Wildman–Crippen MR) is 81.3 cm³/mol. The van der Waals surface area contributed by atoms with Gasteiger partial charge in [-0.3, -0.25) is 4.79 Å². The van der Waals surface area contributed by atoms with Crippen molar-refractivity contribution in [3.05, 3.63) is 66.2 Å². The van der Waals surface area contributed by atoms with Gasteiger partial charge >= 0.3 is 0 Å². The molecule has 0 unspecified atom stereocenters. The highest BCUT2D eigenvalue weighted by atomic mass is 16.5. The molecule has 2 heteroatoms. The Morgan fingerprint density at radius 2 is 1.75 bits per heavy atom. The molecule has 20 heavy (non-hydrogen) atoms. The lowest BCUT2D eigenvalue weighted by molar-refractivity contribution is 0.112. The van der Waals surface area contributed by atoms with Crippen molar-refractivity contribution in [1.82, 2.24) is 0 Å². The number of ether oxygens (including phenoxy) is 1. The molecule has 0 fully saturated rings. The molecule has 0 spiro atoms. The summed E-state index contributed by atoms with van der Waals surface area (Å²) in [6.07, 6.45) is 0.811. The highest BCUT2D eigenvalue weighted by molar-refractivity contribution is 5.97. The zero-order valence-electron chi connectivity index (χ0n) is 11.2. The van der Waals surface area contributed by atoms with Crippen molar-refractivity contribution in [2.24, 2.45) is 0 Å². The van der Waals surface area contributed by atoms with Crippen LogP contribution in [-0.4, -0.2) is 13.4 Å². The summed E-state index contributed by atoms with van der Waals surface area (Å²) in [4.78, 5) is 11.0. The zero-order valence-corrected chi connectivity index (χ0v) is 11.2. The van der Waals surface area contributed by atoms with Crippen molar-refractivity contribution in [2.75, 3.05) is 7.11 Å². The van der Waals surface area contributed by atoms with Crippen LogP contribution in [0.4, 0.5) is 0 Å². The lowest BCUT2D eigenvalue weighted by atomic mass is 9.97. The van der Waals surface area contributed by atoms with Gasteiger partial charge in [0.25, 0.3) is 0 Å². The van der Waals surface area contributed by atoms with Crippen LogP contribution in [0.1, 0.15) is 10.4 Å². The van der Waals surface area contributed by atoms with E-state index in [2.05, 4.69) is 24.3 Å². The van der Waals surface area contributed by atoms with E-state index in [4.69, 9.17) is 4.74 Å². The SMILES string of the molecule is COc1cc(-c2cccc3ccccc23)ccc1C=O. The molecular weight excluding hydrogens is 248 g/mol. The molecule has 2 nitrogen and oxygen atoms in total. The van der Waals surface area contributed by atoms with Crippen LogP contribution in [0, 0.1) is 0 Å². The van der Waals surface area contributed by atoms with Crippen LogP contribution < -0.4 is 4.74 Å². The Hall–Kier alpha value is -2.61. The fourth-order valence-corrected chi connectivity index (χ4v) is 2.45. The molecule has 0 saturated heterocycles. The van der Waals surface area contributed by atoms with E-state index in [1.807, 2.05) is 30.3 Å². The lowest BCUT2D eigenvalue weighted by Crippen LogP contribution is -1.91. The number of rotatable bonds is 3. The van der Waals surface area contributed by atoms with Gasteiger partial charge in [-0.2, -0.15) is 0 Å². The van der Waals surface area contributed by atoms with Gasteiger partial charge in [-0.05, 0) is 34.0 Å². The smallest absolute Gasteiger partial charge is 0.153 e. The lowest BCUT2D eigenvalue weighted by Gasteiger charge is -2.10. The first-order valence-corrected chi connectivity index (χ1v) is 6.45. The maximum Gasteiger partial charge on any atom is 0.153 e. The highest BCUT2D eigenvalue weighted by Crippen LogP contribution is 2.31. The molecule has 0 heterocycles. The van der Waals surface area contributed by atoms with Crippen LogP contribution in [0.3, 0.4) is 0 Å². The normalized spacial score (nSPS) is 10.4. The summed E-state index contributed by atoms with van der Waals surface area (Å²) >= 11 is 0. The molecule has 0 amide bonds. The standard InChI is InChI=1S/C18H14O2/c1-20-18-11-14(9-10-15(18)12-19)17-8-4-6-13-5-2-3-7-16(13)17/h2-12H,1H3. The Labute approximate surface area is 117 Å². The number of hydrogen-bond donors (Lipinski definition) is 0. The van der Waals surface area contributed by atoms with E-state index < -0.39 is 0 Å². The molecule has 0 atom stereocenters. The average Bonchev–Trinajstić information content (AvgIpc) is 2.53. The predicted octanol–water partition coefficient (Wildman–Crippen LogP) is 4.33. The van der Waals surface area contributed by atoms with Crippen LogP contribution in [-0.2, 0) is 0 Å². The molecule has 3 aromatic rings. The Kier molecular flexibility index (Phi) is 3.21. The molecule has 0 N–H and O–H groups in total. The first-order valence-electron chi connectivity index (χ1n) is 6.45. The molecule has 0 saturated carbocycles. The van der Waals surface area contributed by atoms with Crippen LogP contribution >= 0.6 is 0 Å². The van der Waals surface area contributed by atoms with E-state index in [1.165, 1.54) is 10.8 Å². The Balaban J connectivity index is 2.23. The summed E-state index contributed by atoms with van der Waals surface area (Å²) in [5.74, 6) is 0.602. The summed E-state index contributed by atoms with van der Waals surface area (Å²) in [6.45, 7) is 0. The molecule has 0 aliphatic heterocycles. The van der Waals surface area contributed by atoms with Gasteiger partial charge in [0.15, 0.2) is 6.29 Å². The molecule has 98 valence electrons. The van der Waals surface area contributed by atoms with Gasteiger partial charge in [0.05, 0.1) is 12.7 Å². The number of carbonyl (C=O) groups is 1. The third-order valence-electron chi connectivity index (χ3n) is 3.46. The summed E-state index contributed by atoms with van der Waals surface area (Å²) in [5.41, 5.74) is 2.75. The summed E-state index contributed by atoms with van der Waals surface area (Å²) in [6, 6.07) is 20.1. The summed E-state index contributed by atoms with van der Waals surface area (Å²) < 4.78 is 5.28. The van der Waals surface area contributed by atoms with Gasteiger partial charge in [0.2, 0.25) is 0 Å². The van der Waals surface area contributed by atoms with Gasteiger partial charge in [-0.25, -0.2) is 0 Å². The van der Waals surface area contributed by atoms with Crippen molar-refractivity contribution in [3.63, 3.8) is 0 Å². The number of methoxy groups -OCH3 is 1. The first kappa shape index (κ1) is 12.4. The molecule has 0 aromatic heterocycles. The zero-order chi connectivity index (χ0) is 13.9. The van der Waals surface area contributed by atoms with Gasteiger partial charge < -0.3 is 4.74 Å². The van der Waals surface area contributed by atoms with E-state index in [9.17, 15) is 4.79 Å². The van der Waals surface area contributed by atoms with Crippen LogP contribution in [0.5, 0.6) is 5.75 Å². The van der Waals surface area contributed by atoms with E-state index in [0.717, 1.165) is 17.4 Å². The second-order valence-electron chi connectivity index (χ2n) is 4.60. The molecule has 3 rings (SSSR count).